The molecule has 0 aliphatic heterocycles. The molecule has 2 aromatic rings. The number of anilines is 1. The van der Waals surface area contributed by atoms with Crippen LogP contribution in [0.25, 0.3) is 0 Å². The number of hydrogen-bond acceptors (Lipinski definition) is 3. The van der Waals surface area contributed by atoms with E-state index in [1.807, 2.05) is 19.9 Å². The topological polar surface area (TPSA) is 66.4 Å². The second-order valence-electron chi connectivity index (χ2n) is 4.58. The number of carboxylic acid groups (broad SMARTS) is 1. The van der Waals surface area contributed by atoms with E-state index in [-0.39, 0.29) is 11.5 Å². The molecule has 0 bridgehead atoms. The summed E-state index contributed by atoms with van der Waals surface area (Å²) in [5.41, 5.74) is 1.77. The Morgan fingerprint density at radius 3 is 2.40 bits per heavy atom. The minimum absolute atomic E-state index is 0.1000. The zero-order valence-electron chi connectivity index (χ0n) is 11.5. The number of para-hydroxylation sites is 1. The lowest BCUT2D eigenvalue weighted by molar-refractivity contribution is 0.0698. The van der Waals surface area contributed by atoms with Gasteiger partial charge in [-0.25, -0.2) is 4.79 Å². The molecule has 0 saturated heterocycles. The summed E-state index contributed by atoms with van der Waals surface area (Å²) in [6.07, 6.45) is 0. The van der Waals surface area contributed by atoms with Crippen LogP contribution in [0.1, 0.15) is 36.0 Å². The molecule has 2 N–H and O–H groups in total. The molecular weight excluding hydrogens is 274 g/mol. The van der Waals surface area contributed by atoms with E-state index in [1.165, 1.54) is 6.07 Å². The molecule has 1 aromatic carbocycles. The van der Waals surface area contributed by atoms with Gasteiger partial charge in [0.25, 0.3) is 5.91 Å². The van der Waals surface area contributed by atoms with Gasteiger partial charge >= 0.3 is 5.97 Å². The zero-order valence-corrected chi connectivity index (χ0v) is 12.3. The number of carbonyl (C=O) groups is 2. The fraction of sp³-hybridized carbons (Fsp3) is 0.200. The normalized spacial score (nSPS) is 10.3. The summed E-state index contributed by atoms with van der Waals surface area (Å²) >= 11 is 1.55. The minimum Gasteiger partial charge on any atom is -0.478 e. The first-order valence-electron chi connectivity index (χ1n) is 6.11. The number of carbonyl (C=O) groups excluding carboxylic acids is 1. The van der Waals surface area contributed by atoms with Crippen LogP contribution in [0.3, 0.4) is 0 Å². The highest BCUT2D eigenvalue weighted by Gasteiger charge is 2.17. The van der Waals surface area contributed by atoms with Crippen LogP contribution in [0.5, 0.6) is 0 Å². The van der Waals surface area contributed by atoms with Crippen LogP contribution in [0, 0.1) is 20.8 Å². The number of rotatable bonds is 3. The summed E-state index contributed by atoms with van der Waals surface area (Å²) < 4.78 is 0. The van der Waals surface area contributed by atoms with E-state index >= 15 is 0 Å². The summed E-state index contributed by atoms with van der Waals surface area (Å²) in [5, 5.41) is 11.9. The highest BCUT2D eigenvalue weighted by atomic mass is 32.1. The van der Waals surface area contributed by atoms with Crippen LogP contribution in [0.4, 0.5) is 5.69 Å². The summed E-state index contributed by atoms with van der Waals surface area (Å²) in [5.74, 6) is -1.33. The number of carboxylic acids is 1. The Hall–Kier alpha value is -2.14. The van der Waals surface area contributed by atoms with Crippen molar-refractivity contribution in [2.75, 3.05) is 5.32 Å². The van der Waals surface area contributed by atoms with Crippen molar-refractivity contribution in [3.63, 3.8) is 0 Å². The minimum atomic E-state index is -1.05. The SMILES string of the molecule is Cc1cc(C(=O)Nc2c(C)cccc2C(=O)O)c(C)s1. The molecule has 0 fully saturated rings. The first-order chi connectivity index (χ1) is 9.40. The fourth-order valence-electron chi connectivity index (χ4n) is 2.05. The van der Waals surface area contributed by atoms with Gasteiger partial charge in [0.2, 0.25) is 0 Å². The maximum atomic E-state index is 12.3. The van der Waals surface area contributed by atoms with Gasteiger partial charge in [-0.05, 0) is 38.5 Å². The number of amides is 1. The van der Waals surface area contributed by atoms with Gasteiger partial charge in [0.05, 0.1) is 16.8 Å². The van der Waals surface area contributed by atoms with Gasteiger partial charge in [-0.1, -0.05) is 12.1 Å². The van der Waals surface area contributed by atoms with Crippen molar-refractivity contribution in [3.05, 3.63) is 50.7 Å². The van der Waals surface area contributed by atoms with Crippen molar-refractivity contribution in [2.45, 2.75) is 20.8 Å². The number of benzene rings is 1. The largest absolute Gasteiger partial charge is 0.478 e. The predicted molar refractivity (Wildman–Crippen MR) is 79.9 cm³/mol. The van der Waals surface area contributed by atoms with Crippen molar-refractivity contribution in [3.8, 4) is 0 Å². The Bertz CT molecular complexity index is 688. The number of aryl methyl sites for hydroxylation is 3. The van der Waals surface area contributed by atoms with Crippen LogP contribution in [-0.2, 0) is 0 Å². The molecule has 104 valence electrons. The Morgan fingerprint density at radius 2 is 1.85 bits per heavy atom. The first-order valence-corrected chi connectivity index (χ1v) is 6.93. The molecule has 0 radical (unpaired) electrons. The molecule has 20 heavy (non-hydrogen) atoms. The monoisotopic (exact) mass is 289 g/mol. The smallest absolute Gasteiger partial charge is 0.337 e. The van der Waals surface area contributed by atoms with Gasteiger partial charge < -0.3 is 10.4 Å². The quantitative estimate of drug-likeness (QED) is 0.906. The first kappa shape index (κ1) is 14.3. The standard InChI is InChI=1S/C15H15NO3S/c1-8-5-4-6-11(15(18)19)13(8)16-14(17)12-7-9(2)20-10(12)3/h4-7H,1-3H3,(H,16,17)(H,18,19). The number of aromatic carboxylic acids is 1. The van der Waals surface area contributed by atoms with Crippen LogP contribution >= 0.6 is 11.3 Å². The molecule has 4 nitrogen and oxygen atoms in total. The summed E-state index contributed by atoms with van der Waals surface area (Å²) in [7, 11) is 0. The van der Waals surface area contributed by atoms with E-state index in [9.17, 15) is 14.7 Å². The molecule has 0 atom stereocenters. The van der Waals surface area contributed by atoms with Crippen molar-refractivity contribution in [1.29, 1.82) is 0 Å². The van der Waals surface area contributed by atoms with E-state index in [0.29, 0.717) is 11.3 Å². The molecule has 0 aliphatic carbocycles. The van der Waals surface area contributed by atoms with Crippen molar-refractivity contribution in [2.24, 2.45) is 0 Å². The third kappa shape index (κ3) is 2.72. The van der Waals surface area contributed by atoms with Crippen molar-refractivity contribution in [1.82, 2.24) is 0 Å². The summed E-state index contributed by atoms with van der Waals surface area (Å²) in [4.78, 5) is 25.5. The number of hydrogen-bond donors (Lipinski definition) is 2. The van der Waals surface area contributed by atoms with Gasteiger partial charge in [0.15, 0.2) is 0 Å². The Kier molecular flexibility index (Phi) is 3.90. The van der Waals surface area contributed by atoms with E-state index in [4.69, 9.17) is 0 Å². The maximum absolute atomic E-state index is 12.3. The third-order valence-electron chi connectivity index (χ3n) is 3.03. The van der Waals surface area contributed by atoms with Gasteiger partial charge in [-0.3, -0.25) is 4.79 Å². The molecule has 5 heteroatoms. The molecule has 1 amide bonds. The lowest BCUT2D eigenvalue weighted by atomic mass is 10.1. The highest BCUT2D eigenvalue weighted by molar-refractivity contribution is 7.12. The van der Waals surface area contributed by atoms with Crippen LogP contribution in [0.15, 0.2) is 24.3 Å². The maximum Gasteiger partial charge on any atom is 0.337 e. The van der Waals surface area contributed by atoms with Gasteiger partial charge in [-0.2, -0.15) is 0 Å². The van der Waals surface area contributed by atoms with E-state index in [1.54, 1.807) is 30.4 Å². The van der Waals surface area contributed by atoms with E-state index in [0.717, 1.165) is 15.3 Å². The molecule has 1 heterocycles. The average Bonchev–Trinajstić information content (AvgIpc) is 2.70. The highest BCUT2D eigenvalue weighted by Crippen LogP contribution is 2.25. The van der Waals surface area contributed by atoms with E-state index < -0.39 is 5.97 Å². The predicted octanol–water partition coefficient (Wildman–Crippen LogP) is 3.62. The second kappa shape index (κ2) is 5.46. The third-order valence-corrected chi connectivity index (χ3v) is 3.99. The second-order valence-corrected chi connectivity index (χ2v) is 6.04. The summed E-state index contributed by atoms with van der Waals surface area (Å²) in [6.45, 7) is 5.58. The number of nitrogens with one attached hydrogen (secondary N) is 1. The molecule has 2 rings (SSSR count). The zero-order chi connectivity index (χ0) is 14.9. The Morgan fingerprint density at radius 1 is 1.15 bits per heavy atom. The lowest BCUT2D eigenvalue weighted by Gasteiger charge is -2.11. The van der Waals surface area contributed by atoms with Gasteiger partial charge in [0.1, 0.15) is 0 Å². The molecular formula is C15H15NO3S. The van der Waals surface area contributed by atoms with E-state index in [2.05, 4.69) is 5.32 Å². The molecule has 0 aliphatic rings. The number of thiophene rings is 1. The molecule has 1 aromatic heterocycles. The molecule has 0 saturated carbocycles. The molecule has 0 spiro atoms. The Balaban J connectivity index is 2.37. The van der Waals surface area contributed by atoms with Crippen LogP contribution < -0.4 is 5.32 Å². The van der Waals surface area contributed by atoms with Crippen LogP contribution in [-0.4, -0.2) is 17.0 Å². The van der Waals surface area contributed by atoms with Crippen LogP contribution in [0.2, 0.25) is 0 Å². The van der Waals surface area contributed by atoms with Crippen molar-refractivity contribution >= 4 is 28.9 Å². The van der Waals surface area contributed by atoms with Gasteiger partial charge in [-0.15, -0.1) is 11.3 Å². The summed E-state index contributed by atoms with van der Waals surface area (Å²) in [6, 6.07) is 6.73. The van der Waals surface area contributed by atoms with Gasteiger partial charge in [0, 0.05) is 9.75 Å². The fourth-order valence-corrected chi connectivity index (χ4v) is 2.97. The molecule has 0 unspecified atom stereocenters. The average molecular weight is 289 g/mol. The Labute approximate surface area is 121 Å². The van der Waals surface area contributed by atoms with Crippen molar-refractivity contribution < 1.29 is 14.7 Å². The lowest BCUT2D eigenvalue weighted by Crippen LogP contribution is -2.16.